The highest BCUT2D eigenvalue weighted by molar-refractivity contribution is 7.89. The molecule has 21 heavy (non-hydrogen) atoms. The summed E-state index contributed by atoms with van der Waals surface area (Å²) < 4.78 is 34.3. The highest BCUT2D eigenvalue weighted by Crippen LogP contribution is 2.18. The highest BCUT2D eigenvalue weighted by Gasteiger charge is 2.27. The molecule has 2 heterocycles. The van der Waals surface area contributed by atoms with Crippen LogP contribution in [0.25, 0.3) is 0 Å². The zero-order chi connectivity index (χ0) is 15.3. The average molecular weight is 316 g/mol. The molecule has 7 nitrogen and oxygen atoms in total. The van der Waals surface area contributed by atoms with Crippen LogP contribution in [-0.2, 0) is 21.3 Å². The van der Waals surface area contributed by atoms with Crippen LogP contribution in [0.5, 0.6) is 0 Å². The summed E-state index contributed by atoms with van der Waals surface area (Å²) in [4.78, 5) is 0.220. The first-order chi connectivity index (χ1) is 10.0. The van der Waals surface area contributed by atoms with Gasteiger partial charge in [-0.1, -0.05) is 0 Å². The lowest BCUT2D eigenvalue weighted by Crippen LogP contribution is -2.38. The zero-order valence-electron chi connectivity index (χ0n) is 12.6. The third kappa shape index (κ3) is 4.50. The van der Waals surface area contributed by atoms with E-state index in [1.807, 2.05) is 14.0 Å². The van der Waals surface area contributed by atoms with Gasteiger partial charge in [-0.05, 0) is 33.4 Å². The van der Waals surface area contributed by atoms with Crippen LogP contribution in [-0.4, -0.2) is 51.0 Å². The van der Waals surface area contributed by atoms with Crippen molar-refractivity contribution < 1.29 is 13.2 Å². The molecule has 1 aromatic heterocycles. The molecule has 1 aromatic rings. The molecular weight excluding hydrogens is 292 g/mol. The Hall–Kier alpha value is -0.960. The van der Waals surface area contributed by atoms with E-state index in [0.717, 1.165) is 19.4 Å². The summed E-state index contributed by atoms with van der Waals surface area (Å²) >= 11 is 0. The average Bonchev–Trinajstić information content (AvgIpc) is 3.10. The van der Waals surface area contributed by atoms with E-state index < -0.39 is 10.0 Å². The third-order valence-corrected chi connectivity index (χ3v) is 5.26. The summed E-state index contributed by atoms with van der Waals surface area (Å²) in [5, 5.41) is 7.15. The lowest BCUT2D eigenvalue weighted by atomic mass is 10.0. The number of hydrogen-bond donors (Lipinski definition) is 2. The number of rotatable bonds is 8. The Bertz CT molecular complexity index is 537. The number of hydrogen-bond acceptors (Lipinski definition) is 5. The topological polar surface area (TPSA) is 85.2 Å². The third-order valence-electron chi connectivity index (χ3n) is 3.75. The summed E-state index contributed by atoms with van der Waals surface area (Å²) in [6.07, 6.45) is 4.78. The van der Waals surface area contributed by atoms with Crippen LogP contribution in [0.15, 0.2) is 17.3 Å². The molecule has 1 aliphatic rings. The van der Waals surface area contributed by atoms with E-state index in [9.17, 15) is 8.42 Å². The highest BCUT2D eigenvalue weighted by atomic mass is 32.2. The largest absolute Gasteiger partial charge is 0.381 e. The first kappa shape index (κ1) is 16.4. The van der Waals surface area contributed by atoms with Crippen molar-refractivity contribution in [1.29, 1.82) is 0 Å². The van der Waals surface area contributed by atoms with Crippen LogP contribution in [0.4, 0.5) is 0 Å². The second-order valence-corrected chi connectivity index (χ2v) is 7.14. The molecule has 0 amide bonds. The fourth-order valence-corrected chi connectivity index (χ4v) is 3.64. The van der Waals surface area contributed by atoms with Crippen molar-refractivity contribution in [2.45, 2.75) is 37.2 Å². The van der Waals surface area contributed by atoms with Gasteiger partial charge >= 0.3 is 0 Å². The van der Waals surface area contributed by atoms with Crippen molar-refractivity contribution >= 4 is 10.0 Å². The van der Waals surface area contributed by atoms with Crippen molar-refractivity contribution in [3.8, 4) is 0 Å². The molecule has 0 aromatic carbocycles. The first-order valence-corrected chi connectivity index (χ1v) is 8.78. The summed E-state index contributed by atoms with van der Waals surface area (Å²) in [5.74, 6) is 0.241. The van der Waals surface area contributed by atoms with Gasteiger partial charge in [-0.25, -0.2) is 13.1 Å². The molecule has 8 heteroatoms. The van der Waals surface area contributed by atoms with Crippen molar-refractivity contribution in [3.05, 3.63) is 12.4 Å². The van der Waals surface area contributed by atoms with Crippen LogP contribution < -0.4 is 10.0 Å². The van der Waals surface area contributed by atoms with Gasteiger partial charge in [0.25, 0.3) is 0 Å². The Balaban J connectivity index is 1.95. The Labute approximate surface area is 126 Å². The standard InChI is InChI=1S/C13H24N4O3S/c1-11(12-4-7-20-10-12)16-21(18,19)13-8-15-17(9-13)6-3-5-14-2/h8-9,11-12,14,16H,3-7,10H2,1-2H3. The SMILES string of the molecule is CNCCCn1cc(S(=O)(=O)NC(C)C2CCOC2)cn1. The normalized spacial score (nSPS) is 20.8. The van der Waals surface area contributed by atoms with Gasteiger partial charge in [0.05, 0.1) is 12.8 Å². The summed E-state index contributed by atoms with van der Waals surface area (Å²) in [7, 11) is -1.63. The smallest absolute Gasteiger partial charge is 0.243 e. The van der Waals surface area contributed by atoms with Crippen molar-refractivity contribution in [1.82, 2.24) is 19.8 Å². The number of ether oxygens (including phenoxy) is 1. The fraction of sp³-hybridized carbons (Fsp3) is 0.769. The molecule has 2 rings (SSSR count). The number of aryl methyl sites for hydroxylation is 1. The molecule has 2 atom stereocenters. The van der Waals surface area contributed by atoms with Gasteiger partial charge in [0.15, 0.2) is 0 Å². The van der Waals surface area contributed by atoms with Crippen LogP contribution in [0, 0.1) is 5.92 Å². The van der Waals surface area contributed by atoms with Crippen molar-refractivity contribution in [3.63, 3.8) is 0 Å². The molecule has 0 spiro atoms. The van der Waals surface area contributed by atoms with E-state index in [1.54, 1.807) is 10.9 Å². The van der Waals surface area contributed by atoms with Gasteiger partial charge in [-0.3, -0.25) is 4.68 Å². The van der Waals surface area contributed by atoms with Gasteiger partial charge in [0.2, 0.25) is 10.0 Å². The first-order valence-electron chi connectivity index (χ1n) is 7.30. The Kier molecular flexibility index (Phi) is 5.74. The summed E-state index contributed by atoms with van der Waals surface area (Å²) in [6.45, 7) is 4.78. The van der Waals surface area contributed by atoms with Gasteiger partial charge in [-0.2, -0.15) is 5.10 Å². The van der Waals surface area contributed by atoms with Crippen molar-refractivity contribution in [2.75, 3.05) is 26.8 Å². The molecule has 1 saturated heterocycles. The number of sulfonamides is 1. The molecule has 0 saturated carbocycles. The predicted molar refractivity (Wildman–Crippen MR) is 79.5 cm³/mol. The van der Waals surface area contributed by atoms with E-state index in [2.05, 4.69) is 15.1 Å². The molecule has 0 bridgehead atoms. The fourth-order valence-electron chi connectivity index (χ4n) is 2.38. The molecule has 1 fully saturated rings. The lowest BCUT2D eigenvalue weighted by Gasteiger charge is -2.18. The minimum atomic E-state index is -3.51. The summed E-state index contributed by atoms with van der Waals surface area (Å²) in [6, 6.07) is -0.134. The van der Waals surface area contributed by atoms with E-state index in [-0.39, 0.29) is 16.9 Å². The van der Waals surface area contributed by atoms with Gasteiger partial charge in [-0.15, -0.1) is 0 Å². The second kappa shape index (κ2) is 7.35. The van der Waals surface area contributed by atoms with Crippen molar-refractivity contribution in [2.24, 2.45) is 5.92 Å². The van der Waals surface area contributed by atoms with E-state index >= 15 is 0 Å². The van der Waals surface area contributed by atoms with Gasteiger partial charge < -0.3 is 10.1 Å². The maximum atomic E-state index is 12.3. The van der Waals surface area contributed by atoms with E-state index in [4.69, 9.17) is 4.74 Å². The number of nitrogens with one attached hydrogen (secondary N) is 2. The van der Waals surface area contributed by atoms with Gasteiger partial charge in [0.1, 0.15) is 4.90 Å². The maximum Gasteiger partial charge on any atom is 0.243 e. The van der Waals surface area contributed by atoms with Crippen LogP contribution >= 0.6 is 0 Å². The molecule has 120 valence electrons. The Morgan fingerprint density at radius 1 is 1.57 bits per heavy atom. The number of aromatic nitrogens is 2. The molecule has 0 aliphatic carbocycles. The minimum Gasteiger partial charge on any atom is -0.381 e. The maximum absolute atomic E-state index is 12.3. The Morgan fingerprint density at radius 3 is 3.05 bits per heavy atom. The minimum absolute atomic E-state index is 0.134. The second-order valence-electron chi connectivity index (χ2n) is 5.43. The monoisotopic (exact) mass is 316 g/mol. The quantitative estimate of drug-likeness (QED) is 0.669. The van der Waals surface area contributed by atoms with Gasteiger partial charge in [0, 0.05) is 31.3 Å². The predicted octanol–water partition coefficient (Wildman–Crippen LogP) is 0.196. The molecule has 2 unspecified atom stereocenters. The van der Waals surface area contributed by atoms with Crippen LogP contribution in [0.3, 0.4) is 0 Å². The lowest BCUT2D eigenvalue weighted by molar-refractivity contribution is 0.180. The molecular formula is C13H24N4O3S. The zero-order valence-corrected chi connectivity index (χ0v) is 13.4. The molecule has 0 radical (unpaired) electrons. The van der Waals surface area contributed by atoms with E-state index in [0.29, 0.717) is 19.8 Å². The van der Waals surface area contributed by atoms with E-state index in [1.165, 1.54) is 6.20 Å². The number of nitrogens with zero attached hydrogens (tertiary/aromatic N) is 2. The Morgan fingerprint density at radius 2 is 2.38 bits per heavy atom. The van der Waals surface area contributed by atoms with Crippen LogP contribution in [0.1, 0.15) is 19.8 Å². The molecule has 1 aliphatic heterocycles. The summed E-state index contributed by atoms with van der Waals surface area (Å²) in [5.41, 5.74) is 0. The van der Waals surface area contributed by atoms with Crippen LogP contribution in [0.2, 0.25) is 0 Å². The molecule has 2 N–H and O–H groups in total.